The third-order valence-electron chi connectivity index (χ3n) is 4.70. The Morgan fingerprint density at radius 1 is 1.18 bits per heavy atom. The predicted octanol–water partition coefficient (Wildman–Crippen LogP) is 4.13. The SMILES string of the molecule is CNc1cccc(-c2cc(CN3CCOCC3)cc(Nc3ncc(C)s3)n2)c1. The van der Waals surface area contributed by atoms with Crippen molar-refractivity contribution >= 4 is 28.0 Å². The van der Waals surface area contributed by atoms with Crippen molar-refractivity contribution in [3.63, 3.8) is 0 Å². The Morgan fingerprint density at radius 2 is 2.04 bits per heavy atom. The smallest absolute Gasteiger partial charge is 0.188 e. The zero-order chi connectivity index (χ0) is 19.3. The molecule has 4 rings (SSSR count). The van der Waals surface area contributed by atoms with E-state index in [4.69, 9.17) is 9.72 Å². The van der Waals surface area contributed by atoms with Gasteiger partial charge >= 0.3 is 0 Å². The lowest BCUT2D eigenvalue weighted by Crippen LogP contribution is -2.35. The maximum Gasteiger partial charge on any atom is 0.188 e. The van der Waals surface area contributed by atoms with E-state index in [-0.39, 0.29) is 0 Å². The molecule has 2 aromatic heterocycles. The molecule has 2 N–H and O–H groups in total. The van der Waals surface area contributed by atoms with Gasteiger partial charge in [-0.1, -0.05) is 12.1 Å². The molecule has 0 spiro atoms. The van der Waals surface area contributed by atoms with E-state index in [2.05, 4.69) is 63.8 Å². The maximum atomic E-state index is 5.48. The lowest BCUT2D eigenvalue weighted by Gasteiger charge is -2.26. The number of anilines is 3. The Hall–Kier alpha value is -2.48. The summed E-state index contributed by atoms with van der Waals surface area (Å²) in [5.41, 5.74) is 4.35. The molecule has 146 valence electrons. The van der Waals surface area contributed by atoms with Gasteiger partial charge in [-0.15, -0.1) is 11.3 Å². The third kappa shape index (κ3) is 4.67. The topological polar surface area (TPSA) is 62.3 Å². The van der Waals surface area contributed by atoms with Crippen molar-refractivity contribution in [3.8, 4) is 11.3 Å². The number of thiazole rings is 1. The van der Waals surface area contributed by atoms with E-state index in [1.807, 2.05) is 13.2 Å². The Kier molecular flexibility index (Phi) is 5.85. The summed E-state index contributed by atoms with van der Waals surface area (Å²) in [5, 5.41) is 7.44. The number of ether oxygens (including phenoxy) is 1. The van der Waals surface area contributed by atoms with E-state index in [0.29, 0.717) is 0 Å². The van der Waals surface area contributed by atoms with Crippen molar-refractivity contribution in [3.05, 3.63) is 53.0 Å². The fourth-order valence-electron chi connectivity index (χ4n) is 3.26. The zero-order valence-electron chi connectivity index (χ0n) is 16.2. The number of pyridine rings is 1. The first-order valence-corrected chi connectivity index (χ1v) is 10.3. The number of hydrogen-bond donors (Lipinski definition) is 2. The Balaban J connectivity index is 1.66. The van der Waals surface area contributed by atoms with Crippen LogP contribution >= 0.6 is 11.3 Å². The van der Waals surface area contributed by atoms with Crippen molar-refractivity contribution in [2.45, 2.75) is 13.5 Å². The second-order valence-corrected chi connectivity index (χ2v) is 8.10. The molecule has 0 radical (unpaired) electrons. The normalized spacial score (nSPS) is 14.8. The first kappa shape index (κ1) is 18.9. The van der Waals surface area contributed by atoms with Gasteiger partial charge < -0.3 is 15.4 Å². The highest BCUT2D eigenvalue weighted by atomic mass is 32.1. The van der Waals surface area contributed by atoms with E-state index in [1.54, 1.807) is 11.3 Å². The van der Waals surface area contributed by atoms with Gasteiger partial charge in [0.05, 0.1) is 18.9 Å². The molecule has 7 heteroatoms. The number of nitrogens with zero attached hydrogens (tertiary/aromatic N) is 3. The minimum Gasteiger partial charge on any atom is -0.388 e. The molecule has 3 aromatic rings. The maximum absolute atomic E-state index is 5.48. The van der Waals surface area contributed by atoms with E-state index >= 15 is 0 Å². The third-order valence-corrected chi connectivity index (χ3v) is 5.53. The minimum atomic E-state index is 0.797. The van der Waals surface area contributed by atoms with Crippen molar-refractivity contribution in [2.75, 3.05) is 44.0 Å². The zero-order valence-corrected chi connectivity index (χ0v) is 17.1. The number of nitrogens with one attached hydrogen (secondary N) is 2. The van der Waals surface area contributed by atoms with E-state index < -0.39 is 0 Å². The van der Waals surface area contributed by atoms with Gasteiger partial charge in [-0.25, -0.2) is 9.97 Å². The number of morpholine rings is 1. The second kappa shape index (κ2) is 8.68. The average Bonchev–Trinajstić information content (AvgIpc) is 3.13. The van der Waals surface area contributed by atoms with Gasteiger partial charge in [0.15, 0.2) is 5.13 Å². The van der Waals surface area contributed by atoms with Crippen LogP contribution in [-0.2, 0) is 11.3 Å². The largest absolute Gasteiger partial charge is 0.388 e. The van der Waals surface area contributed by atoms with Crippen LogP contribution in [0.3, 0.4) is 0 Å². The van der Waals surface area contributed by atoms with Crippen LogP contribution in [-0.4, -0.2) is 48.2 Å². The summed E-state index contributed by atoms with van der Waals surface area (Å²) in [4.78, 5) is 12.9. The highest BCUT2D eigenvalue weighted by Crippen LogP contribution is 2.27. The minimum absolute atomic E-state index is 0.797. The summed E-state index contributed by atoms with van der Waals surface area (Å²) in [5.74, 6) is 0.824. The number of hydrogen-bond acceptors (Lipinski definition) is 7. The highest BCUT2D eigenvalue weighted by molar-refractivity contribution is 7.15. The average molecular weight is 396 g/mol. The fraction of sp³-hybridized carbons (Fsp3) is 0.333. The summed E-state index contributed by atoms with van der Waals surface area (Å²) < 4.78 is 5.48. The summed E-state index contributed by atoms with van der Waals surface area (Å²) in [6.45, 7) is 6.45. The number of rotatable bonds is 6. The quantitative estimate of drug-likeness (QED) is 0.654. The van der Waals surface area contributed by atoms with Gasteiger partial charge in [0.25, 0.3) is 0 Å². The molecule has 28 heavy (non-hydrogen) atoms. The molecule has 0 aliphatic carbocycles. The molecule has 0 amide bonds. The molecule has 1 aromatic carbocycles. The van der Waals surface area contributed by atoms with E-state index in [0.717, 1.165) is 60.7 Å². The van der Waals surface area contributed by atoms with Crippen LogP contribution in [0.4, 0.5) is 16.6 Å². The van der Waals surface area contributed by atoms with Gasteiger partial charge in [-0.05, 0) is 36.8 Å². The molecule has 1 aliphatic heterocycles. The van der Waals surface area contributed by atoms with Crippen LogP contribution in [0.15, 0.2) is 42.6 Å². The molecule has 1 saturated heterocycles. The van der Waals surface area contributed by atoms with Gasteiger partial charge in [0, 0.05) is 49.0 Å². The molecule has 3 heterocycles. The Bertz CT molecular complexity index is 936. The molecule has 1 fully saturated rings. The summed E-state index contributed by atoms with van der Waals surface area (Å²) in [7, 11) is 1.93. The number of aromatic nitrogens is 2. The van der Waals surface area contributed by atoms with Crippen LogP contribution in [0.2, 0.25) is 0 Å². The van der Waals surface area contributed by atoms with E-state index in [1.165, 1.54) is 10.4 Å². The van der Waals surface area contributed by atoms with Crippen molar-refractivity contribution in [1.82, 2.24) is 14.9 Å². The number of benzene rings is 1. The molecule has 1 aliphatic rings. The first-order chi connectivity index (χ1) is 13.7. The van der Waals surface area contributed by atoms with Gasteiger partial charge in [-0.3, -0.25) is 4.90 Å². The summed E-state index contributed by atoms with van der Waals surface area (Å²) in [6.07, 6.45) is 1.88. The molecule has 0 unspecified atom stereocenters. The van der Waals surface area contributed by atoms with Crippen LogP contribution in [0.5, 0.6) is 0 Å². The molecular formula is C21H25N5OS. The molecule has 0 atom stereocenters. The second-order valence-electron chi connectivity index (χ2n) is 6.87. The van der Waals surface area contributed by atoms with Crippen molar-refractivity contribution in [2.24, 2.45) is 0 Å². The predicted molar refractivity (Wildman–Crippen MR) is 115 cm³/mol. The van der Waals surface area contributed by atoms with Crippen molar-refractivity contribution in [1.29, 1.82) is 0 Å². The lowest BCUT2D eigenvalue weighted by atomic mass is 10.1. The Labute approximate surface area is 169 Å². The lowest BCUT2D eigenvalue weighted by molar-refractivity contribution is 0.0342. The monoisotopic (exact) mass is 395 g/mol. The molecular weight excluding hydrogens is 370 g/mol. The van der Waals surface area contributed by atoms with E-state index in [9.17, 15) is 0 Å². The van der Waals surface area contributed by atoms with Crippen LogP contribution in [0, 0.1) is 6.92 Å². The van der Waals surface area contributed by atoms with Crippen LogP contribution in [0.1, 0.15) is 10.4 Å². The standard InChI is InChI=1S/C21H25N5OS/c1-15-13-23-21(28-15)25-20-11-16(14-26-6-8-27-9-7-26)10-19(24-20)17-4-3-5-18(12-17)22-2/h3-5,10-13,22H,6-9,14H2,1-2H3,(H,23,24,25). The van der Waals surface area contributed by atoms with Crippen molar-refractivity contribution < 1.29 is 4.74 Å². The van der Waals surface area contributed by atoms with Crippen LogP contribution < -0.4 is 10.6 Å². The van der Waals surface area contributed by atoms with Gasteiger partial charge in [-0.2, -0.15) is 0 Å². The Morgan fingerprint density at radius 3 is 2.79 bits per heavy atom. The van der Waals surface area contributed by atoms with Gasteiger partial charge in [0.1, 0.15) is 5.82 Å². The molecule has 0 bridgehead atoms. The first-order valence-electron chi connectivity index (χ1n) is 9.48. The summed E-state index contributed by atoms with van der Waals surface area (Å²) in [6, 6.07) is 12.6. The van der Waals surface area contributed by atoms with Gasteiger partial charge in [0.2, 0.25) is 0 Å². The van der Waals surface area contributed by atoms with Crippen LogP contribution in [0.25, 0.3) is 11.3 Å². The summed E-state index contributed by atoms with van der Waals surface area (Å²) >= 11 is 1.63. The fourth-order valence-corrected chi connectivity index (χ4v) is 3.94. The molecule has 0 saturated carbocycles. The highest BCUT2D eigenvalue weighted by Gasteiger charge is 2.13. The number of aryl methyl sites for hydroxylation is 1. The molecule has 6 nitrogen and oxygen atoms in total.